The van der Waals surface area contributed by atoms with Crippen molar-refractivity contribution in [3.63, 3.8) is 0 Å². The average Bonchev–Trinajstić information content (AvgIpc) is 2.26. The molecule has 0 spiro atoms. The number of likely N-dealkylation sites (tertiary alicyclic amines) is 1. The van der Waals surface area contributed by atoms with Crippen LogP contribution in [0, 0.1) is 0 Å². The Balaban J connectivity index is 2.51. The van der Waals surface area contributed by atoms with Crippen molar-refractivity contribution < 1.29 is 9.59 Å². The van der Waals surface area contributed by atoms with Crippen LogP contribution in [-0.4, -0.2) is 35.8 Å². The average molecular weight is 226 g/mol. The Hall–Kier alpha value is -1.06. The van der Waals surface area contributed by atoms with Crippen molar-refractivity contribution in [2.24, 2.45) is 0 Å². The molecule has 0 aromatic rings. The monoisotopic (exact) mass is 226 g/mol. The van der Waals surface area contributed by atoms with E-state index in [1.165, 1.54) is 0 Å². The van der Waals surface area contributed by atoms with Gasteiger partial charge in [-0.3, -0.25) is 4.79 Å². The van der Waals surface area contributed by atoms with Gasteiger partial charge in [0.05, 0.1) is 0 Å². The first-order chi connectivity index (χ1) is 7.65. The molecule has 0 radical (unpaired) electrons. The Bertz CT molecular complexity index is 253. The van der Waals surface area contributed by atoms with E-state index in [0.29, 0.717) is 13.0 Å². The van der Waals surface area contributed by atoms with E-state index in [4.69, 9.17) is 0 Å². The van der Waals surface area contributed by atoms with Crippen molar-refractivity contribution >= 4 is 11.8 Å². The number of urea groups is 1. The highest BCUT2D eigenvalue weighted by atomic mass is 16.2. The molecule has 1 unspecified atom stereocenters. The third-order valence-corrected chi connectivity index (χ3v) is 2.94. The summed E-state index contributed by atoms with van der Waals surface area (Å²) in [5, 5.41) is 2.88. The summed E-state index contributed by atoms with van der Waals surface area (Å²) in [6, 6.07) is 0.107. The highest BCUT2D eigenvalue weighted by Gasteiger charge is 2.27. The van der Waals surface area contributed by atoms with Crippen molar-refractivity contribution in [3.8, 4) is 0 Å². The molecular weight excluding hydrogens is 204 g/mol. The number of ketones is 1. The van der Waals surface area contributed by atoms with Crippen molar-refractivity contribution in [1.29, 1.82) is 0 Å². The van der Waals surface area contributed by atoms with Crippen LogP contribution in [0.3, 0.4) is 0 Å². The summed E-state index contributed by atoms with van der Waals surface area (Å²) in [6.07, 6.45) is 4.57. The Labute approximate surface area is 97.4 Å². The topological polar surface area (TPSA) is 49.4 Å². The summed E-state index contributed by atoms with van der Waals surface area (Å²) in [5.41, 5.74) is 0. The van der Waals surface area contributed by atoms with Crippen LogP contribution in [0.2, 0.25) is 0 Å². The van der Waals surface area contributed by atoms with Crippen LogP contribution in [-0.2, 0) is 4.79 Å². The highest BCUT2D eigenvalue weighted by molar-refractivity contribution is 5.78. The minimum atomic E-state index is -0.00667. The fourth-order valence-electron chi connectivity index (χ4n) is 2.15. The Morgan fingerprint density at radius 3 is 2.75 bits per heavy atom. The molecular formula is C12H22N2O2. The molecule has 1 saturated heterocycles. The van der Waals surface area contributed by atoms with Gasteiger partial charge in [-0.25, -0.2) is 4.79 Å². The molecule has 1 aliphatic heterocycles. The number of nitrogens with zero attached hydrogens (tertiary/aromatic N) is 1. The van der Waals surface area contributed by atoms with Crippen LogP contribution in [0.5, 0.6) is 0 Å². The van der Waals surface area contributed by atoms with Crippen LogP contribution in [0.15, 0.2) is 0 Å². The lowest BCUT2D eigenvalue weighted by molar-refractivity contribution is -0.118. The van der Waals surface area contributed by atoms with Crippen molar-refractivity contribution in [1.82, 2.24) is 10.2 Å². The zero-order valence-corrected chi connectivity index (χ0v) is 10.3. The summed E-state index contributed by atoms with van der Waals surface area (Å²) < 4.78 is 0. The molecule has 2 amide bonds. The van der Waals surface area contributed by atoms with Gasteiger partial charge in [0, 0.05) is 25.6 Å². The minimum absolute atomic E-state index is 0.00667. The van der Waals surface area contributed by atoms with Gasteiger partial charge in [-0.1, -0.05) is 6.92 Å². The molecule has 92 valence electrons. The molecule has 0 bridgehead atoms. The molecule has 16 heavy (non-hydrogen) atoms. The number of rotatable bonds is 4. The molecule has 1 aliphatic rings. The second kappa shape index (κ2) is 6.51. The molecule has 4 heteroatoms. The van der Waals surface area contributed by atoms with E-state index in [1.54, 1.807) is 6.92 Å². The Kier molecular flexibility index (Phi) is 5.29. The van der Waals surface area contributed by atoms with Crippen LogP contribution >= 0.6 is 0 Å². The minimum Gasteiger partial charge on any atom is -0.338 e. The zero-order valence-electron chi connectivity index (χ0n) is 10.3. The van der Waals surface area contributed by atoms with Gasteiger partial charge in [-0.15, -0.1) is 0 Å². The lowest BCUT2D eigenvalue weighted by Gasteiger charge is -2.35. The highest BCUT2D eigenvalue weighted by Crippen LogP contribution is 2.19. The van der Waals surface area contributed by atoms with Crippen molar-refractivity contribution in [2.45, 2.75) is 52.0 Å². The van der Waals surface area contributed by atoms with E-state index in [1.807, 2.05) is 11.8 Å². The molecule has 1 fully saturated rings. The molecule has 0 saturated carbocycles. The lowest BCUT2D eigenvalue weighted by atomic mass is 9.98. The number of nitrogens with one attached hydrogen (secondary N) is 1. The summed E-state index contributed by atoms with van der Waals surface area (Å²) in [7, 11) is 0. The van der Waals surface area contributed by atoms with E-state index >= 15 is 0 Å². The van der Waals surface area contributed by atoms with Crippen LogP contribution in [0.1, 0.15) is 46.0 Å². The van der Waals surface area contributed by atoms with E-state index in [-0.39, 0.29) is 17.9 Å². The summed E-state index contributed by atoms with van der Waals surface area (Å²) in [6.45, 7) is 5.12. The molecule has 0 aliphatic carbocycles. The first-order valence-corrected chi connectivity index (χ1v) is 6.19. The van der Waals surface area contributed by atoms with Crippen LogP contribution in [0.4, 0.5) is 4.79 Å². The van der Waals surface area contributed by atoms with Crippen LogP contribution in [0.25, 0.3) is 0 Å². The number of Topliss-reactive ketones (excluding diaryl/α,β-unsaturated/α-hetero) is 1. The normalized spacial score (nSPS) is 20.6. The summed E-state index contributed by atoms with van der Waals surface area (Å²) in [5.74, 6) is 0.167. The number of amides is 2. The van der Waals surface area contributed by atoms with E-state index in [2.05, 4.69) is 5.32 Å². The van der Waals surface area contributed by atoms with Gasteiger partial charge in [0.2, 0.25) is 0 Å². The van der Waals surface area contributed by atoms with E-state index < -0.39 is 0 Å². The summed E-state index contributed by atoms with van der Waals surface area (Å²) >= 11 is 0. The van der Waals surface area contributed by atoms with Crippen molar-refractivity contribution in [2.75, 3.05) is 13.1 Å². The van der Waals surface area contributed by atoms with Gasteiger partial charge >= 0.3 is 6.03 Å². The number of hydrogen-bond acceptors (Lipinski definition) is 2. The number of carbonyl (C=O) groups excluding carboxylic acids is 2. The zero-order chi connectivity index (χ0) is 12.0. The standard InChI is InChI=1S/C12H22N2O2/c1-3-7-13-12(16)14-8-5-4-6-11(14)9-10(2)15/h11H,3-9H2,1-2H3,(H,13,16). The first kappa shape index (κ1) is 13.0. The molecule has 4 nitrogen and oxygen atoms in total. The van der Waals surface area contributed by atoms with E-state index in [9.17, 15) is 9.59 Å². The largest absolute Gasteiger partial charge is 0.338 e. The van der Waals surface area contributed by atoms with Gasteiger partial charge in [0.25, 0.3) is 0 Å². The predicted molar refractivity (Wildman–Crippen MR) is 63.3 cm³/mol. The van der Waals surface area contributed by atoms with Gasteiger partial charge in [-0.05, 0) is 32.6 Å². The third kappa shape index (κ3) is 3.83. The molecule has 0 aromatic heterocycles. The molecule has 0 aromatic carbocycles. The first-order valence-electron chi connectivity index (χ1n) is 6.19. The maximum Gasteiger partial charge on any atom is 0.317 e. The lowest BCUT2D eigenvalue weighted by Crippen LogP contribution is -2.49. The van der Waals surface area contributed by atoms with Gasteiger partial charge in [0.1, 0.15) is 5.78 Å². The maximum atomic E-state index is 11.9. The molecule has 1 heterocycles. The fourth-order valence-corrected chi connectivity index (χ4v) is 2.15. The van der Waals surface area contributed by atoms with Gasteiger partial charge in [-0.2, -0.15) is 0 Å². The van der Waals surface area contributed by atoms with Crippen LogP contribution < -0.4 is 5.32 Å². The smallest absolute Gasteiger partial charge is 0.317 e. The second-order valence-electron chi connectivity index (χ2n) is 4.48. The number of piperidine rings is 1. The number of hydrogen-bond donors (Lipinski definition) is 1. The molecule has 1 atom stereocenters. The van der Waals surface area contributed by atoms with Gasteiger partial charge in [0.15, 0.2) is 0 Å². The van der Waals surface area contributed by atoms with E-state index in [0.717, 1.165) is 32.2 Å². The Morgan fingerprint density at radius 1 is 1.38 bits per heavy atom. The number of carbonyl (C=O) groups is 2. The van der Waals surface area contributed by atoms with Crippen molar-refractivity contribution in [3.05, 3.63) is 0 Å². The fraction of sp³-hybridized carbons (Fsp3) is 0.833. The SMILES string of the molecule is CCCNC(=O)N1CCCCC1CC(C)=O. The second-order valence-corrected chi connectivity index (χ2v) is 4.48. The maximum absolute atomic E-state index is 11.9. The molecule has 1 N–H and O–H groups in total. The molecule has 1 rings (SSSR count). The predicted octanol–water partition coefficient (Wildman–Crippen LogP) is 1.94. The quantitative estimate of drug-likeness (QED) is 0.796. The Morgan fingerprint density at radius 2 is 2.12 bits per heavy atom. The summed E-state index contributed by atoms with van der Waals surface area (Å²) in [4.78, 5) is 24.8. The van der Waals surface area contributed by atoms with Gasteiger partial charge < -0.3 is 10.2 Å². The third-order valence-electron chi connectivity index (χ3n) is 2.94.